The van der Waals surface area contributed by atoms with E-state index in [1.165, 1.54) is 40.9 Å². The lowest BCUT2D eigenvalue weighted by atomic mass is 10.1. The van der Waals surface area contributed by atoms with Gasteiger partial charge in [0.2, 0.25) is 0 Å². The molecule has 26 heavy (non-hydrogen) atoms. The van der Waals surface area contributed by atoms with E-state index in [1.807, 2.05) is 0 Å². The molecule has 0 saturated heterocycles. The van der Waals surface area contributed by atoms with Gasteiger partial charge in [0.05, 0.1) is 12.1 Å². The molecule has 0 aromatic heterocycles. The molecule has 1 heterocycles. The van der Waals surface area contributed by atoms with Crippen LogP contribution in [0.15, 0.2) is 53.5 Å². The van der Waals surface area contributed by atoms with Crippen molar-refractivity contribution in [3.05, 3.63) is 71.0 Å². The maximum absolute atomic E-state index is 13.3. The highest BCUT2D eigenvalue weighted by Crippen LogP contribution is 2.30. The molecule has 1 amide bonds. The Hall–Kier alpha value is -2.35. The van der Waals surface area contributed by atoms with Crippen LogP contribution in [0.4, 0.5) is 17.6 Å². The van der Waals surface area contributed by atoms with Gasteiger partial charge in [-0.05, 0) is 29.8 Å². The minimum atomic E-state index is -4.40. The number of carbonyl (C=O) groups excluding carboxylic acids is 1. The van der Waals surface area contributed by atoms with Crippen molar-refractivity contribution in [2.75, 3.05) is 13.1 Å². The summed E-state index contributed by atoms with van der Waals surface area (Å²) in [6, 6.07) is 10.4. The SMILES string of the molecule is O=C(c1cccc(F)c1)N1CCN=C1SCc1cccc(C(F)(F)F)c1. The molecule has 2 aromatic rings. The summed E-state index contributed by atoms with van der Waals surface area (Å²) in [6.07, 6.45) is -4.40. The number of thioether (sulfide) groups is 1. The monoisotopic (exact) mass is 382 g/mol. The summed E-state index contributed by atoms with van der Waals surface area (Å²) in [5, 5.41) is 0.427. The standard InChI is InChI=1S/C18H14F4N2OS/c19-15-6-2-4-13(10-15)16(25)24-8-7-23-17(24)26-11-12-3-1-5-14(9-12)18(20,21)22/h1-6,9-10H,7-8,11H2. The number of amidine groups is 1. The van der Waals surface area contributed by atoms with E-state index in [2.05, 4.69) is 4.99 Å². The second kappa shape index (κ2) is 7.49. The fourth-order valence-corrected chi connectivity index (χ4v) is 3.49. The second-order valence-corrected chi connectivity index (χ2v) is 6.56. The van der Waals surface area contributed by atoms with Crippen LogP contribution in [0.3, 0.4) is 0 Å². The second-order valence-electron chi connectivity index (χ2n) is 5.62. The van der Waals surface area contributed by atoms with Crippen LogP contribution in [0.25, 0.3) is 0 Å². The largest absolute Gasteiger partial charge is 0.416 e. The van der Waals surface area contributed by atoms with Gasteiger partial charge in [0.15, 0.2) is 5.17 Å². The van der Waals surface area contributed by atoms with Crippen LogP contribution in [0, 0.1) is 5.82 Å². The van der Waals surface area contributed by atoms with Gasteiger partial charge in [-0.1, -0.05) is 36.0 Å². The van der Waals surface area contributed by atoms with E-state index in [0.29, 0.717) is 23.8 Å². The molecule has 0 unspecified atom stereocenters. The van der Waals surface area contributed by atoms with Crippen LogP contribution < -0.4 is 0 Å². The molecule has 136 valence electrons. The predicted molar refractivity (Wildman–Crippen MR) is 92.5 cm³/mol. The number of halogens is 4. The third kappa shape index (κ3) is 4.24. The fraction of sp³-hybridized carbons (Fsp3) is 0.222. The summed E-state index contributed by atoms with van der Waals surface area (Å²) >= 11 is 1.19. The Kier molecular flexibility index (Phi) is 5.31. The minimum absolute atomic E-state index is 0.208. The van der Waals surface area contributed by atoms with Crippen LogP contribution in [0.1, 0.15) is 21.5 Å². The number of aliphatic imine (C=N–C) groups is 1. The highest BCUT2D eigenvalue weighted by atomic mass is 32.2. The van der Waals surface area contributed by atoms with Gasteiger partial charge in [0.25, 0.3) is 5.91 Å². The number of rotatable bonds is 3. The first-order valence-corrected chi connectivity index (χ1v) is 8.74. The highest BCUT2D eigenvalue weighted by Gasteiger charge is 2.30. The maximum Gasteiger partial charge on any atom is 0.416 e. The average molecular weight is 382 g/mol. The van der Waals surface area contributed by atoms with Gasteiger partial charge in [0, 0.05) is 17.9 Å². The molecular weight excluding hydrogens is 368 g/mol. The zero-order valence-corrected chi connectivity index (χ0v) is 14.3. The molecule has 0 radical (unpaired) electrons. The first-order valence-electron chi connectivity index (χ1n) is 7.75. The Morgan fingerprint density at radius 3 is 2.65 bits per heavy atom. The van der Waals surface area contributed by atoms with Crippen LogP contribution in [0.5, 0.6) is 0 Å². The molecular formula is C18H14F4N2OS. The molecule has 0 bridgehead atoms. The summed E-state index contributed by atoms with van der Waals surface area (Å²) in [6.45, 7) is 0.770. The van der Waals surface area contributed by atoms with E-state index in [4.69, 9.17) is 0 Å². The van der Waals surface area contributed by atoms with Gasteiger partial charge in [-0.2, -0.15) is 13.2 Å². The van der Waals surface area contributed by atoms with Crippen molar-refractivity contribution in [3.63, 3.8) is 0 Å². The number of carbonyl (C=O) groups is 1. The van der Waals surface area contributed by atoms with Crippen molar-refractivity contribution in [1.82, 2.24) is 4.90 Å². The molecule has 0 saturated carbocycles. The van der Waals surface area contributed by atoms with Gasteiger partial charge in [-0.3, -0.25) is 14.7 Å². The Morgan fingerprint density at radius 2 is 1.92 bits per heavy atom. The Labute approximate surface area is 151 Å². The maximum atomic E-state index is 13.3. The van der Waals surface area contributed by atoms with E-state index in [1.54, 1.807) is 6.07 Å². The van der Waals surface area contributed by atoms with E-state index in [-0.39, 0.29) is 17.2 Å². The Balaban J connectivity index is 1.69. The zero-order valence-electron chi connectivity index (χ0n) is 13.5. The van der Waals surface area contributed by atoms with Crippen molar-refractivity contribution in [1.29, 1.82) is 0 Å². The van der Waals surface area contributed by atoms with E-state index in [9.17, 15) is 22.4 Å². The van der Waals surface area contributed by atoms with Crippen LogP contribution in [-0.4, -0.2) is 29.1 Å². The summed E-state index contributed by atoms with van der Waals surface area (Å²) in [7, 11) is 0. The summed E-state index contributed by atoms with van der Waals surface area (Å²) < 4.78 is 51.7. The van der Waals surface area contributed by atoms with E-state index >= 15 is 0 Å². The Bertz CT molecular complexity index is 851. The molecule has 0 spiro atoms. The lowest BCUT2D eigenvalue weighted by Gasteiger charge is -2.18. The molecule has 0 fully saturated rings. The highest BCUT2D eigenvalue weighted by molar-refractivity contribution is 8.13. The zero-order chi connectivity index (χ0) is 18.7. The van der Waals surface area contributed by atoms with Crippen molar-refractivity contribution in [2.45, 2.75) is 11.9 Å². The van der Waals surface area contributed by atoms with Gasteiger partial charge in [-0.15, -0.1) is 0 Å². The number of nitrogens with zero attached hydrogens (tertiary/aromatic N) is 2. The molecule has 0 aliphatic carbocycles. The number of hydrogen-bond donors (Lipinski definition) is 0. The number of amides is 1. The topological polar surface area (TPSA) is 32.7 Å². The third-order valence-electron chi connectivity index (χ3n) is 3.74. The van der Waals surface area contributed by atoms with E-state index in [0.717, 1.165) is 18.2 Å². The van der Waals surface area contributed by atoms with Crippen molar-refractivity contribution < 1.29 is 22.4 Å². The first-order chi connectivity index (χ1) is 12.3. The van der Waals surface area contributed by atoms with Gasteiger partial charge in [-0.25, -0.2) is 4.39 Å². The summed E-state index contributed by atoms with van der Waals surface area (Å²) in [5.41, 5.74) is -0.0199. The number of benzene rings is 2. The predicted octanol–water partition coefficient (Wildman–Crippen LogP) is 4.59. The quantitative estimate of drug-likeness (QED) is 0.728. The van der Waals surface area contributed by atoms with Crippen LogP contribution in [-0.2, 0) is 11.9 Å². The van der Waals surface area contributed by atoms with Crippen LogP contribution >= 0.6 is 11.8 Å². The normalized spacial score (nSPS) is 14.5. The van der Waals surface area contributed by atoms with Crippen molar-refractivity contribution in [2.24, 2.45) is 4.99 Å². The molecule has 1 aliphatic heterocycles. The minimum Gasteiger partial charge on any atom is -0.286 e. The molecule has 3 nitrogen and oxygen atoms in total. The first kappa shape index (κ1) is 18.4. The summed E-state index contributed by atoms with van der Waals surface area (Å²) in [5.74, 6) is -0.641. The smallest absolute Gasteiger partial charge is 0.286 e. The van der Waals surface area contributed by atoms with Gasteiger partial charge >= 0.3 is 6.18 Å². The fourth-order valence-electron chi connectivity index (χ4n) is 2.50. The number of alkyl halides is 3. The average Bonchev–Trinajstić information content (AvgIpc) is 3.07. The molecule has 8 heteroatoms. The number of hydrogen-bond acceptors (Lipinski definition) is 3. The van der Waals surface area contributed by atoms with Crippen LogP contribution in [0.2, 0.25) is 0 Å². The van der Waals surface area contributed by atoms with Crippen molar-refractivity contribution >= 4 is 22.8 Å². The van der Waals surface area contributed by atoms with Gasteiger partial charge in [0.1, 0.15) is 5.82 Å². The van der Waals surface area contributed by atoms with E-state index < -0.39 is 17.6 Å². The summed E-state index contributed by atoms with van der Waals surface area (Å²) in [4.78, 5) is 18.2. The van der Waals surface area contributed by atoms with Crippen molar-refractivity contribution in [3.8, 4) is 0 Å². The Morgan fingerprint density at radius 1 is 1.15 bits per heavy atom. The molecule has 0 N–H and O–H groups in total. The molecule has 1 aliphatic rings. The third-order valence-corrected chi connectivity index (χ3v) is 4.83. The lowest BCUT2D eigenvalue weighted by Crippen LogP contribution is -2.32. The van der Waals surface area contributed by atoms with Gasteiger partial charge < -0.3 is 0 Å². The molecule has 0 atom stereocenters. The lowest BCUT2D eigenvalue weighted by molar-refractivity contribution is -0.137. The molecule has 2 aromatic carbocycles. The molecule has 3 rings (SSSR count).